The first-order valence-electron chi connectivity index (χ1n) is 10.3. The molecule has 7 heteroatoms. The average molecular weight is 379 g/mol. The molecular formula is C20H38N6O. The molecule has 7 nitrogen and oxygen atoms in total. The molecule has 2 N–H and O–H groups in total. The van der Waals surface area contributed by atoms with Crippen molar-refractivity contribution in [3.63, 3.8) is 0 Å². The summed E-state index contributed by atoms with van der Waals surface area (Å²) >= 11 is 0. The molecule has 0 aromatic carbocycles. The molecule has 1 fully saturated rings. The zero-order valence-electron chi connectivity index (χ0n) is 18.0. The molecule has 0 spiro atoms. The number of likely N-dealkylation sites (tertiary alicyclic amines) is 1. The van der Waals surface area contributed by atoms with Crippen molar-refractivity contribution in [3.8, 4) is 0 Å². The van der Waals surface area contributed by atoms with Gasteiger partial charge in [-0.1, -0.05) is 52.6 Å². The fourth-order valence-corrected chi connectivity index (χ4v) is 3.43. The minimum absolute atomic E-state index is 0.136. The maximum atomic E-state index is 5.35. The molecule has 1 saturated heterocycles. The van der Waals surface area contributed by atoms with E-state index in [9.17, 15) is 0 Å². The smallest absolute Gasteiger partial charge is 0.232 e. The standard InChI is InChI=1S/C20H38N6O/c1-15(2)16(26-11-9-7-8-10-12-26)13-22-19(21-6)23-14-17-24-18(27-25-17)20(3,4)5/h15-16H,7-14H2,1-6H3,(H2,21,22,23). The highest BCUT2D eigenvalue weighted by atomic mass is 16.5. The average Bonchev–Trinajstić information content (AvgIpc) is 2.94. The second-order valence-corrected chi connectivity index (χ2v) is 8.83. The molecule has 1 aliphatic heterocycles. The number of hydrogen-bond acceptors (Lipinski definition) is 5. The van der Waals surface area contributed by atoms with Crippen molar-refractivity contribution in [2.75, 3.05) is 26.7 Å². The van der Waals surface area contributed by atoms with E-state index in [4.69, 9.17) is 4.52 Å². The Labute approximate surface area is 164 Å². The van der Waals surface area contributed by atoms with Crippen LogP contribution in [0.2, 0.25) is 0 Å². The highest BCUT2D eigenvalue weighted by molar-refractivity contribution is 5.79. The monoisotopic (exact) mass is 378 g/mol. The predicted molar refractivity (Wildman–Crippen MR) is 110 cm³/mol. The number of nitrogens with one attached hydrogen (secondary N) is 2. The number of aromatic nitrogens is 2. The van der Waals surface area contributed by atoms with E-state index in [0.717, 1.165) is 12.5 Å². The summed E-state index contributed by atoms with van der Waals surface area (Å²) < 4.78 is 5.35. The minimum Gasteiger partial charge on any atom is -0.355 e. The van der Waals surface area contributed by atoms with Crippen molar-refractivity contribution in [3.05, 3.63) is 11.7 Å². The summed E-state index contributed by atoms with van der Waals surface area (Å²) in [4.78, 5) is 11.5. The van der Waals surface area contributed by atoms with Crippen molar-refractivity contribution in [2.45, 2.75) is 78.3 Å². The Hall–Kier alpha value is -1.63. The first-order valence-corrected chi connectivity index (χ1v) is 10.3. The van der Waals surface area contributed by atoms with Gasteiger partial charge in [0.2, 0.25) is 5.89 Å². The summed E-state index contributed by atoms with van der Waals surface area (Å²) in [6, 6.07) is 0.513. The molecule has 27 heavy (non-hydrogen) atoms. The maximum Gasteiger partial charge on any atom is 0.232 e. The third-order valence-electron chi connectivity index (χ3n) is 5.11. The Balaban J connectivity index is 1.86. The summed E-state index contributed by atoms with van der Waals surface area (Å²) in [5.41, 5.74) is -0.136. The third-order valence-corrected chi connectivity index (χ3v) is 5.11. The van der Waals surface area contributed by atoms with E-state index in [0.29, 0.717) is 30.2 Å². The van der Waals surface area contributed by atoms with Gasteiger partial charge in [-0.25, -0.2) is 0 Å². The molecule has 154 valence electrons. The summed E-state index contributed by atoms with van der Waals surface area (Å²) in [5, 5.41) is 10.8. The Morgan fingerprint density at radius 1 is 1.15 bits per heavy atom. The Kier molecular flexibility index (Phi) is 8.07. The molecule has 0 radical (unpaired) electrons. The third kappa shape index (κ3) is 6.79. The van der Waals surface area contributed by atoms with Gasteiger partial charge in [0.05, 0.1) is 6.54 Å². The molecule has 0 amide bonds. The van der Waals surface area contributed by atoms with Crippen molar-refractivity contribution in [1.82, 2.24) is 25.7 Å². The molecule has 0 aliphatic carbocycles. The number of nitrogens with zero attached hydrogens (tertiary/aromatic N) is 4. The van der Waals surface area contributed by atoms with Gasteiger partial charge in [0.15, 0.2) is 11.8 Å². The van der Waals surface area contributed by atoms with Crippen LogP contribution in [0.4, 0.5) is 0 Å². The molecule has 2 rings (SSSR count). The van der Waals surface area contributed by atoms with Crippen LogP contribution in [0, 0.1) is 5.92 Å². The lowest BCUT2D eigenvalue weighted by atomic mass is 9.97. The van der Waals surface area contributed by atoms with Crippen molar-refractivity contribution >= 4 is 5.96 Å². The Bertz CT molecular complexity index is 582. The maximum absolute atomic E-state index is 5.35. The fraction of sp³-hybridized carbons (Fsp3) is 0.850. The first kappa shape index (κ1) is 21.7. The lowest BCUT2D eigenvalue weighted by Crippen LogP contribution is -2.49. The topological polar surface area (TPSA) is 78.6 Å². The highest BCUT2D eigenvalue weighted by Gasteiger charge is 2.23. The number of rotatable bonds is 6. The number of guanidine groups is 1. The number of aliphatic imine (C=N–C) groups is 1. The van der Waals surface area contributed by atoms with E-state index >= 15 is 0 Å². The zero-order valence-corrected chi connectivity index (χ0v) is 18.0. The normalized spacial score (nSPS) is 18.4. The highest BCUT2D eigenvalue weighted by Crippen LogP contribution is 2.19. The summed E-state index contributed by atoms with van der Waals surface area (Å²) in [7, 11) is 1.79. The molecule has 1 aliphatic rings. The lowest BCUT2D eigenvalue weighted by molar-refractivity contribution is 0.161. The zero-order chi connectivity index (χ0) is 19.9. The van der Waals surface area contributed by atoms with Crippen molar-refractivity contribution < 1.29 is 4.52 Å². The van der Waals surface area contributed by atoms with E-state index < -0.39 is 0 Å². The van der Waals surface area contributed by atoms with E-state index in [2.05, 4.69) is 65.3 Å². The molecule has 1 aromatic rings. The summed E-state index contributed by atoms with van der Waals surface area (Å²) in [6.45, 7) is 14.6. The van der Waals surface area contributed by atoms with Crippen LogP contribution < -0.4 is 10.6 Å². The lowest BCUT2D eigenvalue weighted by Gasteiger charge is -2.34. The van der Waals surface area contributed by atoms with Crippen molar-refractivity contribution in [1.29, 1.82) is 0 Å². The van der Waals surface area contributed by atoms with E-state index in [-0.39, 0.29) is 5.41 Å². The predicted octanol–water partition coefficient (Wildman–Crippen LogP) is 2.93. The molecular weight excluding hydrogens is 340 g/mol. The first-order chi connectivity index (χ1) is 12.8. The van der Waals surface area contributed by atoms with Gasteiger partial charge in [-0.05, 0) is 31.8 Å². The van der Waals surface area contributed by atoms with Crippen LogP contribution in [-0.4, -0.2) is 53.7 Å². The van der Waals surface area contributed by atoms with Gasteiger partial charge in [-0.2, -0.15) is 4.98 Å². The van der Waals surface area contributed by atoms with Gasteiger partial charge in [0.25, 0.3) is 0 Å². The van der Waals surface area contributed by atoms with Crippen LogP contribution in [-0.2, 0) is 12.0 Å². The number of hydrogen-bond donors (Lipinski definition) is 2. The van der Waals surface area contributed by atoms with E-state index in [1.54, 1.807) is 7.05 Å². The molecule has 1 atom stereocenters. The summed E-state index contributed by atoms with van der Waals surface area (Å²) in [5.74, 6) is 2.68. The fourth-order valence-electron chi connectivity index (χ4n) is 3.43. The largest absolute Gasteiger partial charge is 0.355 e. The second kappa shape index (κ2) is 10.1. The van der Waals surface area contributed by atoms with Gasteiger partial charge in [-0.15, -0.1) is 0 Å². The molecule has 1 aromatic heterocycles. The Morgan fingerprint density at radius 3 is 2.33 bits per heavy atom. The summed E-state index contributed by atoms with van der Waals surface area (Å²) in [6.07, 6.45) is 5.34. The van der Waals surface area contributed by atoms with Crippen LogP contribution >= 0.6 is 0 Å². The molecule has 0 saturated carbocycles. The molecule has 0 bridgehead atoms. The van der Waals surface area contributed by atoms with Gasteiger partial charge in [-0.3, -0.25) is 9.89 Å². The quantitative estimate of drug-likeness (QED) is 0.585. The second-order valence-electron chi connectivity index (χ2n) is 8.83. The molecule has 1 unspecified atom stereocenters. The SMILES string of the molecule is CN=C(NCc1noc(C(C)(C)C)n1)NCC(C(C)C)N1CCCCCC1. The van der Waals surface area contributed by atoms with Crippen LogP contribution in [0.1, 0.15) is 72.0 Å². The van der Waals surface area contributed by atoms with Crippen LogP contribution in [0.15, 0.2) is 9.52 Å². The van der Waals surface area contributed by atoms with E-state index in [1.165, 1.54) is 38.8 Å². The van der Waals surface area contributed by atoms with Crippen LogP contribution in [0.25, 0.3) is 0 Å². The van der Waals surface area contributed by atoms with Crippen molar-refractivity contribution in [2.24, 2.45) is 10.9 Å². The van der Waals surface area contributed by atoms with Gasteiger partial charge < -0.3 is 15.2 Å². The van der Waals surface area contributed by atoms with Crippen LogP contribution in [0.5, 0.6) is 0 Å². The molecule has 2 heterocycles. The Morgan fingerprint density at radius 2 is 1.81 bits per heavy atom. The van der Waals surface area contributed by atoms with Gasteiger partial charge in [0.1, 0.15) is 0 Å². The van der Waals surface area contributed by atoms with Gasteiger partial charge >= 0.3 is 0 Å². The minimum atomic E-state index is -0.136. The van der Waals surface area contributed by atoms with Gasteiger partial charge in [0, 0.05) is 25.0 Å². The van der Waals surface area contributed by atoms with Crippen LogP contribution in [0.3, 0.4) is 0 Å². The van der Waals surface area contributed by atoms with E-state index in [1.807, 2.05) is 0 Å².